The standard InChI is InChI=1S/C21H20ClN3O3S/c1-15-4-7-18(22)13-20(15)25-29(27,28)19-8-5-17(6-9-19)21(26)24-12-10-16-3-2-11-23-14-16/h2-9,11,13-14,25H,10,12H2,1H3,(H,24,26). The monoisotopic (exact) mass is 429 g/mol. The van der Waals surface area contributed by atoms with Gasteiger partial charge in [0.15, 0.2) is 0 Å². The number of pyridine rings is 1. The van der Waals surface area contributed by atoms with Crippen molar-refractivity contribution in [1.29, 1.82) is 0 Å². The first-order valence-electron chi connectivity index (χ1n) is 8.91. The molecule has 0 bridgehead atoms. The molecular formula is C21H20ClN3O3S. The number of rotatable bonds is 7. The van der Waals surface area contributed by atoms with Crippen LogP contribution in [0.15, 0.2) is 71.9 Å². The van der Waals surface area contributed by atoms with Gasteiger partial charge >= 0.3 is 0 Å². The highest BCUT2D eigenvalue weighted by molar-refractivity contribution is 7.92. The second kappa shape index (κ2) is 9.07. The number of nitrogens with zero attached hydrogens (tertiary/aromatic N) is 1. The van der Waals surface area contributed by atoms with Gasteiger partial charge in [-0.3, -0.25) is 14.5 Å². The fourth-order valence-corrected chi connectivity index (χ4v) is 3.96. The predicted octanol–water partition coefficient (Wildman–Crippen LogP) is 3.82. The summed E-state index contributed by atoms with van der Waals surface area (Å²) >= 11 is 5.95. The zero-order chi connectivity index (χ0) is 20.9. The summed E-state index contributed by atoms with van der Waals surface area (Å²) in [5.74, 6) is -0.267. The smallest absolute Gasteiger partial charge is 0.261 e. The van der Waals surface area contributed by atoms with E-state index >= 15 is 0 Å². The van der Waals surface area contributed by atoms with Crippen LogP contribution in [0.1, 0.15) is 21.5 Å². The molecule has 0 fully saturated rings. The summed E-state index contributed by atoms with van der Waals surface area (Å²) < 4.78 is 27.8. The summed E-state index contributed by atoms with van der Waals surface area (Å²) in [5.41, 5.74) is 2.57. The molecular weight excluding hydrogens is 410 g/mol. The first kappa shape index (κ1) is 20.8. The van der Waals surface area contributed by atoms with E-state index in [-0.39, 0.29) is 10.8 Å². The average molecular weight is 430 g/mol. The minimum Gasteiger partial charge on any atom is -0.352 e. The maximum atomic E-state index is 12.6. The van der Waals surface area contributed by atoms with E-state index in [1.807, 2.05) is 12.1 Å². The van der Waals surface area contributed by atoms with Gasteiger partial charge in [-0.15, -0.1) is 0 Å². The van der Waals surface area contributed by atoms with E-state index in [1.54, 1.807) is 37.5 Å². The summed E-state index contributed by atoms with van der Waals surface area (Å²) in [6.07, 6.45) is 4.11. The number of amides is 1. The van der Waals surface area contributed by atoms with Crippen molar-refractivity contribution in [2.45, 2.75) is 18.2 Å². The molecule has 1 heterocycles. The third kappa shape index (κ3) is 5.56. The molecule has 8 heteroatoms. The highest BCUT2D eigenvalue weighted by Gasteiger charge is 2.16. The van der Waals surface area contributed by atoms with Crippen molar-refractivity contribution in [2.75, 3.05) is 11.3 Å². The SMILES string of the molecule is Cc1ccc(Cl)cc1NS(=O)(=O)c1ccc(C(=O)NCCc2cccnc2)cc1. The van der Waals surface area contributed by atoms with Crippen LogP contribution in [0.5, 0.6) is 0 Å². The number of aryl methyl sites for hydroxylation is 1. The highest BCUT2D eigenvalue weighted by Crippen LogP contribution is 2.23. The summed E-state index contributed by atoms with van der Waals surface area (Å²) in [6.45, 7) is 2.24. The molecule has 2 N–H and O–H groups in total. The van der Waals surface area contributed by atoms with E-state index < -0.39 is 10.0 Å². The van der Waals surface area contributed by atoms with Crippen LogP contribution in [0.25, 0.3) is 0 Å². The maximum Gasteiger partial charge on any atom is 0.261 e. The number of hydrogen-bond acceptors (Lipinski definition) is 4. The number of aromatic nitrogens is 1. The Balaban J connectivity index is 1.64. The van der Waals surface area contributed by atoms with Gasteiger partial charge in [-0.25, -0.2) is 8.42 Å². The molecule has 0 atom stereocenters. The van der Waals surface area contributed by atoms with E-state index in [9.17, 15) is 13.2 Å². The lowest BCUT2D eigenvalue weighted by molar-refractivity contribution is 0.0954. The zero-order valence-corrected chi connectivity index (χ0v) is 17.3. The molecule has 0 unspecified atom stereocenters. The Kier molecular flexibility index (Phi) is 6.51. The van der Waals surface area contributed by atoms with E-state index in [4.69, 9.17) is 11.6 Å². The van der Waals surface area contributed by atoms with Crippen molar-refractivity contribution < 1.29 is 13.2 Å². The van der Waals surface area contributed by atoms with Crippen molar-refractivity contribution in [1.82, 2.24) is 10.3 Å². The number of nitrogens with one attached hydrogen (secondary N) is 2. The van der Waals surface area contributed by atoms with Crippen LogP contribution in [-0.2, 0) is 16.4 Å². The van der Waals surface area contributed by atoms with E-state index in [0.29, 0.717) is 29.2 Å². The van der Waals surface area contributed by atoms with Gasteiger partial charge in [0.2, 0.25) is 0 Å². The molecule has 29 heavy (non-hydrogen) atoms. The molecule has 0 spiro atoms. The molecule has 3 rings (SSSR count). The topological polar surface area (TPSA) is 88.2 Å². The second-order valence-corrected chi connectivity index (χ2v) is 8.58. The van der Waals surface area contributed by atoms with Crippen LogP contribution in [0, 0.1) is 6.92 Å². The Morgan fingerprint density at radius 2 is 1.86 bits per heavy atom. The molecule has 0 radical (unpaired) electrons. The second-order valence-electron chi connectivity index (χ2n) is 6.46. The van der Waals surface area contributed by atoms with Gasteiger partial charge in [0.1, 0.15) is 0 Å². The van der Waals surface area contributed by atoms with Crippen molar-refractivity contribution in [3.05, 3.63) is 88.7 Å². The van der Waals surface area contributed by atoms with Crippen LogP contribution in [-0.4, -0.2) is 25.9 Å². The number of halogens is 1. The van der Waals surface area contributed by atoms with E-state index in [2.05, 4.69) is 15.0 Å². The molecule has 1 aromatic heterocycles. The quantitative estimate of drug-likeness (QED) is 0.597. The fraction of sp³-hybridized carbons (Fsp3) is 0.143. The zero-order valence-electron chi connectivity index (χ0n) is 15.7. The maximum absolute atomic E-state index is 12.6. The Hall–Kier alpha value is -2.90. The number of hydrogen-bond donors (Lipinski definition) is 2. The number of anilines is 1. The summed E-state index contributed by atoms with van der Waals surface area (Å²) in [5, 5.41) is 3.25. The molecule has 0 aliphatic rings. The molecule has 2 aromatic carbocycles. The lowest BCUT2D eigenvalue weighted by atomic mass is 10.2. The normalized spacial score (nSPS) is 11.1. The van der Waals surface area contributed by atoms with Gasteiger partial charge in [0.05, 0.1) is 10.6 Å². The molecule has 0 saturated carbocycles. The van der Waals surface area contributed by atoms with Crippen molar-refractivity contribution >= 4 is 33.2 Å². The minimum atomic E-state index is -3.80. The first-order valence-corrected chi connectivity index (χ1v) is 10.8. The molecule has 0 aliphatic heterocycles. The van der Waals surface area contributed by atoms with Crippen LogP contribution < -0.4 is 10.0 Å². The molecule has 0 saturated heterocycles. The van der Waals surface area contributed by atoms with Gasteiger partial charge in [0.25, 0.3) is 15.9 Å². The van der Waals surface area contributed by atoms with Gasteiger partial charge in [-0.2, -0.15) is 0 Å². The van der Waals surface area contributed by atoms with Crippen LogP contribution in [0.2, 0.25) is 5.02 Å². The van der Waals surface area contributed by atoms with Crippen LogP contribution in [0.4, 0.5) is 5.69 Å². The Bertz CT molecular complexity index is 1100. The largest absolute Gasteiger partial charge is 0.352 e. The Labute approximate surface area is 175 Å². The summed E-state index contributed by atoms with van der Waals surface area (Å²) in [7, 11) is -3.80. The third-order valence-corrected chi connectivity index (χ3v) is 5.91. The first-order chi connectivity index (χ1) is 13.8. The van der Waals surface area contributed by atoms with Crippen molar-refractivity contribution in [3.8, 4) is 0 Å². The Morgan fingerprint density at radius 1 is 1.10 bits per heavy atom. The summed E-state index contributed by atoms with van der Waals surface area (Å²) in [6, 6.07) is 14.5. The third-order valence-electron chi connectivity index (χ3n) is 4.29. The number of carbonyl (C=O) groups excluding carboxylic acids is 1. The number of sulfonamides is 1. The number of carbonyl (C=O) groups is 1. The number of benzene rings is 2. The van der Waals surface area contributed by atoms with Gasteiger partial charge < -0.3 is 5.32 Å². The van der Waals surface area contributed by atoms with Crippen molar-refractivity contribution in [3.63, 3.8) is 0 Å². The van der Waals surface area contributed by atoms with Crippen LogP contribution in [0.3, 0.4) is 0 Å². The molecule has 3 aromatic rings. The lowest BCUT2D eigenvalue weighted by Gasteiger charge is -2.11. The van der Waals surface area contributed by atoms with E-state index in [1.165, 1.54) is 24.3 Å². The van der Waals surface area contributed by atoms with E-state index in [0.717, 1.165) is 11.1 Å². The van der Waals surface area contributed by atoms with Gasteiger partial charge in [0, 0.05) is 29.5 Å². The molecule has 150 valence electrons. The summed E-state index contributed by atoms with van der Waals surface area (Å²) in [4.78, 5) is 16.4. The molecule has 1 amide bonds. The molecule has 6 nitrogen and oxygen atoms in total. The Morgan fingerprint density at radius 3 is 2.55 bits per heavy atom. The average Bonchev–Trinajstić information content (AvgIpc) is 2.71. The minimum absolute atomic E-state index is 0.0591. The van der Waals surface area contributed by atoms with Gasteiger partial charge in [-0.1, -0.05) is 23.7 Å². The predicted molar refractivity (Wildman–Crippen MR) is 114 cm³/mol. The lowest BCUT2D eigenvalue weighted by Crippen LogP contribution is -2.25. The fourth-order valence-electron chi connectivity index (χ4n) is 2.66. The highest BCUT2D eigenvalue weighted by atomic mass is 35.5. The van der Waals surface area contributed by atoms with Gasteiger partial charge in [-0.05, 0) is 66.9 Å². The van der Waals surface area contributed by atoms with Crippen molar-refractivity contribution in [2.24, 2.45) is 0 Å². The molecule has 0 aliphatic carbocycles. The van der Waals surface area contributed by atoms with Crippen LogP contribution >= 0.6 is 11.6 Å².